The summed E-state index contributed by atoms with van der Waals surface area (Å²) in [5.41, 5.74) is -0.717. The molecule has 6 heteroatoms. The number of aliphatic hydroxyl groups excluding tert-OH is 1. The van der Waals surface area contributed by atoms with Gasteiger partial charge >= 0.3 is 12.6 Å². The summed E-state index contributed by atoms with van der Waals surface area (Å²) in [6.07, 6.45) is -1.11. The first-order valence-corrected chi connectivity index (χ1v) is 6.19. The highest BCUT2D eigenvalue weighted by Gasteiger charge is 2.38. The Bertz CT molecular complexity index is 443. The van der Waals surface area contributed by atoms with E-state index < -0.39 is 24.1 Å². The van der Waals surface area contributed by atoms with Crippen LogP contribution in [0.25, 0.3) is 0 Å². The fraction of sp³-hybridized carbons (Fsp3) is 0.500. The van der Waals surface area contributed by atoms with Crippen molar-refractivity contribution >= 4 is 5.97 Å². The standard InChI is InChI=1S/C14H18F2O4/c1-4-19-12(18)14(2,3)11(17)9-5-7-10(8-6-9)20-13(15)16/h5-8,11,13,17H,4H2,1-3H3. The monoisotopic (exact) mass is 288 g/mol. The van der Waals surface area contributed by atoms with E-state index in [-0.39, 0.29) is 12.4 Å². The molecular weight excluding hydrogens is 270 g/mol. The van der Waals surface area contributed by atoms with Crippen LogP contribution in [0.3, 0.4) is 0 Å². The number of alkyl halides is 2. The van der Waals surface area contributed by atoms with Gasteiger partial charge in [0, 0.05) is 0 Å². The minimum absolute atomic E-state index is 0.00936. The highest BCUT2D eigenvalue weighted by molar-refractivity contribution is 5.77. The van der Waals surface area contributed by atoms with Gasteiger partial charge in [-0.2, -0.15) is 8.78 Å². The van der Waals surface area contributed by atoms with Gasteiger partial charge in [-0.3, -0.25) is 4.79 Å². The molecule has 1 N–H and O–H groups in total. The number of hydrogen-bond acceptors (Lipinski definition) is 4. The number of benzene rings is 1. The van der Waals surface area contributed by atoms with E-state index >= 15 is 0 Å². The highest BCUT2D eigenvalue weighted by atomic mass is 19.3. The van der Waals surface area contributed by atoms with Crippen molar-refractivity contribution in [1.82, 2.24) is 0 Å². The minimum atomic E-state index is -2.90. The Hall–Kier alpha value is -1.69. The highest BCUT2D eigenvalue weighted by Crippen LogP contribution is 2.35. The second kappa shape index (κ2) is 6.65. The van der Waals surface area contributed by atoms with Crippen LogP contribution in [-0.4, -0.2) is 24.3 Å². The molecule has 0 aliphatic rings. The molecule has 0 aromatic heterocycles. The van der Waals surface area contributed by atoms with Crippen LogP contribution in [0.4, 0.5) is 8.78 Å². The number of esters is 1. The molecule has 0 saturated carbocycles. The minimum Gasteiger partial charge on any atom is -0.465 e. The Labute approximate surface area is 116 Å². The molecular formula is C14H18F2O4. The normalized spacial score (nSPS) is 13.2. The Morgan fingerprint density at radius 1 is 1.30 bits per heavy atom. The number of halogens is 2. The van der Waals surface area contributed by atoms with Crippen molar-refractivity contribution in [3.63, 3.8) is 0 Å². The van der Waals surface area contributed by atoms with E-state index in [1.54, 1.807) is 20.8 Å². The predicted octanol–water partition coefficient (Wildman–Crippen LogP) is 2.91. The van der Waals surface area contributed by atoms with Crippen LogP contribution in [0.15, 0.2) is 24.3 Å². The second-order valence-electron chi connectivity index (χ2n) is 4.79. The lowest BCUT2D eigenvalue weighted by atomic mass is 9.82. The second-order valence-corrected chi connectivity index (χ2v) is 4.79. The zero-order valence-electron chi connectivity index (χ0n) is 11.6. The molecule has 0 aliphatic carbocycles. The van der Waals surface area contributed by atoms with E-state index in [0.717, 1.165) is 0 Å². The van der Waals surface area contributed by atoms with Gasteiger partial charge in [-0.15, -0.1) is 0 Å². The Morgan fingerprint density at radius 2 is 1.85 bits per heavy atom. The molecule has 0 saturated heterocycles. The average Bonchev–Trinajstić information content (AvgIpc) is 2.38. The molecule has 0 aliphatic heterocycles. The Morgan fingerprint density at radius 3 is 2.30 bits per heavy atom. The van der Waals surface area contributed by atoms with Crippen molar-refractivity contribution < 1.29 is 28.2 Å². The van der Waals surface area contributed by atoms with Gasteiger partial charge in [-0.25, -0.2) is 0 Å². The molecule has 20 heavy (non-hydrogen) atoms. The lowest BCUT2D eigenvalue weighted by Gasteiger charge is -2.28. The van der Waals surface area contributed by atoms with E-state index in [1.807, 2.05) is 0 Å². The Balaban J connectivity index is 2.86. The quantitative estimate of drug-likeness (QED) is 0.818. The summed E-state index contributed by atoms with van der Waals surface area (Å²) in [5.74, 6) is -0.537. The van der Waals surface area contributed by atoms with Crippen molar-refractivity contribution in [3.8, 4) is 5.75 Å². The SMILES string of the molecule is CCOC(=O)C(C)(C)C(O)c1ccc(OC(F)F)cc1. The number of carbonyl (C=O) groups is 1. The van der Waals surface area contributed by atoms with Gasteiger partial charge in [0.2, 0.25) is 0 Å². The number of aliphatic hydroxyl groups is 1. The van der Waals surface area contributed by atoms with Crippen LogP contribution in [0.2, 0.25) is 0 Å². The van der Waals surface area contributed by atoms with Crippen LogP contribution < -0.4 is 4.74 Å². The molecule has 0 amide bonds. The summed E-state index contributed by atoms with van der Waals surface area (Å²) in [6.45, 7) is 2.10. The van der Waals surface area contributed by atoms with E-state index in [0.29, 0.717) is 5.56 Å². The zero-order valence-corrected chi connectivity index (χ0v) is 11.6. The Kier molecular flexibility index (Phi) is 5.44. The van der Waals surface area contributed by atoms with Crippen LogP contribution in [-0.2, 0) is 9.53 Å². The van der Waals surface area contributed by atoms with Gasteiger partial charge in [0.15, 0.2) is 0 Å². The van der Waals surface area contributed by atoms with Gasteiger partial charge in [-0.05, 0) is 38.5 Å². The molecule has 0 heterocycles. The molecule has 4 nitrogen and oxygen atoms in total. The fourth-order valence-corrected chi connectivity index (χ4v) is 1.68. The number of rotatable bonds is 6. The van der Waals surface area contributed by atoms with Crippen LogP contribution >= 0.6 is 0 Å². The average molecular weight is 288 g/mol. The molecule has 0 radical (unpaired) electrons. The van der Waals surface area contributed by atoms with Crippen molar-refractivity contribution in [2.75, 3.05) is 6.61 Å². The summed E-state index contributed by atoms with van der Waals surface area (Å²) < 4.78 is 33.2. The molecule has 0 bridgehead atoms. The molecule has 1 unspecified atom stereocenters. The third kappa shape index (κ3) is 3.90. The van der Waals surface area contributed by atoms with Gasteiger partial charge in [0.1, 0.15) is 5.75 Å². The maximum Gasteiger partial charge on any atom is 0.387 e. The predicted molar refractivity (Wildman–Crippen MR) is 68.4 cm³/mol. The largest absolute Gasteiger partial charge is 0.465 e. The number of hydrogen-bond donors (Lipinski definition) is 1. The van der Waals surface area contributed by atoms with E-state index in [9.17, 15) is 18.7 Å². The van der Waals surface area contributed by atoms with Crippen molar-refractivity contribution in [3.05, 3.63) is 29.8 Å². The number of ether oxygens (including phenoxy) is 2. The van der Waals surface area contributed by atoms with Crippen molar-refractivity contribution in [2.24, 2.45) is 5.41 Å². The van der Waals surface area contributed by atoms with Gasteiger partial charge < -0.3 is 14.6 Å². The van der Waals surface area contributed by atoms with Crippen LogP contribution in [0.1, 0.15) is 32.4 Å². The first kappa shape index (κ1) is 16.4. The third-order valence-corrected chi connectivity index (χ3v) is 2.91. The molecule has 0 fully saturated rings. The molecule has 1 aromatic carbocycles. The first-order valence-electron chi connectivity index (χ1n) is 6.19. The van der Waals surface area contributed by atoms with E-state index in [4.69, 9.17) is 4.74 Å². The first-order chi connectivity index (χ1) is 9.28. The summed E-state index contributed by atoms with van der Waals surface area (Å²) in [7, 11) is 0. The molecule has 1 rings (SSSR count). The van der Waals surface area contributed by atoms with Gasteiger partial charge in [-0.1, -0.05) is 12.1 Å². The van der Waals surface area contributed by atoms with Crippen LogP contribution in [0.5, 0.6) is 5.75 Å². The molecule has 1 atom stereocenters. The van der Waals surface area contributed by atoms with Crippen molar-refractivity contribution in [2.45, 2.75) is 33.5 Å². The molecule has 0 spiro atoms. The lowest BCUT2D eigenvalue weighted by molar-refractivity contribution is -0.160. The number of carbonyl (C=O) groups excluding carboxylic acids is 1. The summed E-state index contributed by atoms with van der Waals surface area (Å²) >= 11 is 0. The third-order valence-electron chi connectivity index (χ3n) is 2.91. The van der Waals surface area contributed by atoms with Crippen LogP contribution in [0, 0.1) is 5.41 Å². The summed E-state index contributed by atoms with van der Waals surface area (Å²) in [6, 6.07) is 5.49. The van der Waals surface area contributed by atoms with E-state index in [1.165, 1.54) is 24.3 Å². The topological polar surface area (TPSA) is 55.8 Å². The maximum absolute atomic E-state index is 12.0. The fourth-order valence-electron chi connectivity index (χ4n) is 1.68. The maximum atomic E-state index is 12.0. The van der Waals surface area contributed by atoms with Gasteiger partial charge in [0.25, 0.3) is 0 Å². The summed E-state index contributed by atoms with van der Waals surface area (Å²) in [5, 5.41) is 10.2. The molecule has 112 valence electrons. The summed E-state index contributed by atoms with van der Waals surface area (Å²) in [4.78, 5) is 11.8. The van der Waals surface area contributed by atoms with Crippen molar-refractivity contribution in [1.29, 1.82) is 0 Å². The zero-order chi connectivity index (χ0) is 15.3. The van der Waals surface area contributed by atoms with Gasteiger partial charge in [0.05, 0.1) is 18.1 Å². The van der Waals surface area contributed by atoms with E-state index in [2.05, 4.69) is 4.74 Å². The smallest absolute Gasteiger partial charge is 0.387 e. The molecule has 1 aromatic rings. The lowest BCUT2D eigenvalue weighted by Crippen LogP contribution is -2.33.